The summed E-state index contributed by atoms with van der Waals surface area (Å²) in [6, 6.07) is 4.71. The van der Waals surface area contributed by atoms with Crippen LogP contribution in [-0.4, -0.2) is 20.0 Å². The van der Waals surface area contributed by atoms with Gasteiger partial charge in [-0.15, -0.1) is 34.5 Å². The molecule has 0 unspecified atom stereocenters. The van der Waals surface area contributed by atoms with E-state index < -0.39 is 9.26 Å². The van der Waals surface area contributed by atoms with Crippen LogP contribution in [0.4, 0.5) is 5.69 Å². The van der Waals surface area contributed by atoms with Crippen LogP contribution in [-0.2, 0) is 0 Å². The summed E-state index contributed by atoms with van der Waals surface area (Å²) in [4.78, 5) is 14.7. The first kappa shape index (κ1) is 13.4. The maximum absolute atomic E-state index is 10.7. The zero-order chi connectivity index (χ0) is 13.6. The van der Waals surface area contributed by atoms with Crippen LogP contribution in [0.1, 0.15) is 6.42 Å². The Morgan fingerprint density at radius 3 is 2.95 bits per heavy atom. The molecule has 100 valence electrons. The minimum absolute atomic E-state index is 0.0930. The molecule has 1 saturated carbocycles. The second-order valence-corrected chi connectivity index (χ2v) is 8.20. The fourth-order valence-corrected chi connectivity index (χ4v) is 4.75. The molecule has 1 atom stereocenters. The maximum atomic E-state index is 10.7. The van der Waals surface area contributed by atoms with Gasteiger partial charge in [0, 0.05) is 23.8 Å². The molecule has 3 rings (SSSR count). The SMILES string of the molecule is O=[N+]([O-])c1ccc2nc(SC[C@H]3CC3(Cl)Cl)sc2c1. The van der Waals surface area contributed by atoms with Gasteiger partial charge >= 0.3 is 0 Å². The molecule has 0 aliphatic heterocycles. The number of benzene rings is 1. The Bertz CT molecular complexity index is 659. The molecule has 1 heterocycles. The van der Waals surface area contributed by atoms with E-state index in [0.717, 1.165) is 26.7 Å². The number of fused-ring (bicyclic) bond motifs is 1. The van der Waals surface area contributed by atoms with Gasteiger partial charge in [0.25, 0.3) is 5.69 Å². The molecule has 1 aliphatic rings. The van der Waals surface area contributed by atoms with Crippen LogP contribution in [0.2, 0.25) is 0 Å². The molecule has 0 saturated heterocycles. The fourth-order valence-electron chi connectivity index (χ4n) is 1.69. The van der Waals surface area contributed by atoms with Gasteiger partial charge in [-0.25, -0.2) is 4.98 Å². The average molecular weight is 335 g/mol. The molecule has 4 nitrogen and oxygen atoms in total. The summed E-state index contributed by atoms with van der Waals surface area (Å²) in [6.07, 6.45) is 0.819. The largest absolute Gasteiger partial charge is 0.270 e. The average Bonchev–Trinajstić information content (AvgIpc) is 2.80. The van der Waals surface area contributed by atoms with E-state index in [4.69, 9.17) is 23.2 Å². The Morgan fingerprint density at radius 1 is 1.58 bits per heavy atom. The predicted molar refractivity (Wildman–Crippen MR) is 79.5 cm³/mol. The third-order valence-electron chi connectivity index (χ3n) is 2.93. The van der Waals surface area contributed by atoms with Crippen LogP contribution in [0.5, 0.6) is 0 Å². The van der Waals surface area contributed by atoms with Crippen LogP contribution in [0.25, 0.3) is 10.2 Å². The van der Waals surface area contributed by atoms with E-state index in [0.29, 0.717) is 5.92 Å². The number of alkyl halides is 2. The van der Waals surface area contributed by atoms with Crippen LogP contribution >= 0.6 is 46.3 Å². The number of hydrogen-bond donors (Lipinski definition) is 0. The van der Waals surface area contributed by atoms with E-state index >= 15 is 0 Å². The minimum Gasteiger partial charge on any atom is -0.258 e. The summed E-state index contributed by atoms with van der Waals surface area (Å²) in [5.74, 6) is 1.14. The lowest BCUT2D eigenvalue weighted by Gasteiger charge is -1.96. The van der Waals surface area contributed by atoms with Gasteiger partial charge in [-0.1, -0.05) is 11.8 Å². The van der Waals surface area contributed by atoms with Gasteiger partial charge in [-0.05, 0) is 12.5 Å². The van der Waals surface area contributed by atoms with Crippen LogP contribution in [0.15, 0.2) is 22.5 Å². The number of rotatable bonds is 4. The highest BCUT2D eigenvalue weighted by Crippen LogP contribution is 2.55. The van der Waals surface area contributed by atoms with E-state index in [1.165, 1.54) is 17.4 Å². The molecule has 8 heteroatoms. The van der Waals surface area contributed by atoms with Crippen molar-refractivity contribution in [2.75, 3.05) is 5.75 Å². The van der Waals surface area contributed by atoms with Crippen molar-refractivity contribution in [3.8, 4) is 0 Å². The van der Waals surface area contributed by atoms with Crippen molar-refractivity contribution in [1.82, 2.24) is 4.98 Å². The van der Waals surface area contributed by atoms with E-state index in [2.05, 4.69) is 4.98 Å². The summed E-state index contributed by atoms with van der Waals surface area (Å²) < 4.78 is 1.16. The first-order valence-corrected chi connectivity index (χ1v) is 8.07. The highest BCUT2D eigenvalue weighted by atomic mass is 35.5. The lowest BCUT2D eigenvalue weighted by Crippen LogP contribution is -1.92. The van der Waals surface area contributed by atoms with Gasteiger partial charge in [-0.2, -0.15) is 0 Å². The zero-order valence-electron chi connectivity index (χ0n) is 9.51. The van der Waals surface area contributed by atoms with Gasteiger partial charge < -0.3 is 0 Å². The molecule has 19 heavy (non-hydrogen) atoms. The lowest BCUT2D eigenvalue weighted by molar-refractivity contribution is -0.384. The quantitative estimate of drug-likeness (QED) is 0.357. The Labute approximate surface area is 127 Å². The summed E-state index contributed by atoms with van der Waals surface area (Å²) in [6.45, 7) is 0. The van der Waals surface area contributed by atoms with E-state index in [1.807, 2.05) is 0 Å². The number of aromatic nitrogens is 1. The lowest BCUT2D eigenvalue weighted by atomic mass is 10.3. The summed E-state index contributed by atoms with van der Waals surface area (Å²) in [5.41, 5.74) is 0.882. The molecule has 0 bridgehead atoms. The van der Waals surface area contributed by atoms with Crippen molar-refractivity contribution in [3.63, 3.8) is 0 Å². The topological polar surface area (TPSA) is 56.0 Å². The number of non-ortho nitro benzene ring substituents is 1. The van der Waals surface area contributed by atoms with Crippen molar-refractivity contribution in [3.05, 3.63) is 28.3 Å². The summed E-state index contributed by atoms with van der Waals surface area (Å²) in [7, 11) is 0. The minimum atomic E-state index is -0.567. The fraction of sp³-hybridized carbons (Fsp3) is 0.364. The van der Waals surface area contributed by atoms with Gasteiger partial charge in [0.05, 0.1) is 15.1 Å². The van der Waals surface area contributed by atoms with Crippen LogP contribution < -0.4 is 0 Å². The molecule has 1 fully saturated rings. The molecule has 0 spiro atoms. The third kappa shape index (κ3) is 2.81. The van der Waals surface area contributed by atoms with Crippen molar-refractivity contribution >= 4 is 62.2 Å². The maximum Gasteiger partial charge on any atom is 0.270 e. The van der Waals surface area contributed by atoms with Crippen molar-refractivity contribution < 1.29 is 4.92 Å². The second kappa shape index (κ2) is 4.77. The van der Waals surface area contributed by atoms with Gasteiger partial charge in [0.1, 0.15) is 4.33 Å². The molecular weight excluding hydrogens is 327 g/mol. The smallest absolute Gasteiger partial charge is 0.258 e. The van der Waals surface area contributed by atoms with E-state index in [-0.39, 0.29) is 5.69 Å². The first-order valence-electron chi connectivity index (χ1n) is 5.51. The number of nitrogens with zero attached hydrogens (tertiary/aromatic N) is 2. The number of thioether (sulfide) groups is 1. The van der Waals surface area contributed by atoms with E-state index in [1.54, 1.807) is 23.9 Å². The van der Waals surface area contributed by atoms with Crippen molar-refractivity contribution in [2.24, 2.45) is 5.92 Å². The summed E-state index contributed by atoms with van der Waals surface area (Å²) >= 11 is 15.0. The number of halogens is 2. The Hall–Kier alpha value is -0.560. The van der Waals surface area contributed by atoms with Gasteiger partial charge in [0.15, 0.2) is 4.34 Å². The normalized spacial score (nSPS) is 20.6. The molecule has 0 N–H and O–H groups in total. The number of thiazole rings is 1. The van der Waals surface area contributed by atoms with Crippen molar-refractivity contribution in [1.29, 1.82) is 0 Å². The van der Waals surface area contributed by atoms with Gasteiger partial charge in [0.2, 0.25) is 0 Å². The van der Waals surface area contributed by atoms with E-state index in [9.17, 15) is 10.1 Å². The molecule has 0 radical (unpaired) electrons. The van der Waals surface area contributed by atoms with Crippen LogP contribution in [0, 0.1) is 16.0 Å². The van der Waals surface area contributed by atoms with Crippen molar-refractivity contribution in [2.45, 2.75) is 15.1 Å². The monoisotopic (exact) mass is 334 g/mol. The molecule has 1 aromatic heterocycles. The third-order valence-corrected chi connectivity index (χ3v) is 6.18. The number of hydrogen-bond acceptors (Lipinski definition) is 5. The molecule has 0 amide bonds. The standard InChI is InChI=1S/C11H8Cl2N2O2S2/c12-11(13)4-6(11)5-18-10-14-8-2-1-7(15(16)17)3-9(8)19-10/h1-3,6H,4-5H2/t6-/m1/s1. The molecule has 1 aliphatic carbocycles. The van der Waals surface area contributed by atoms with Crippen LogP contribution in [0.3, 0.4) is 0 Å². The number of nitro benzene ring substituents is 1. The number of nitro groups is 1. The Kier molecular flexibility index (Phi) is 3.37. The Morgan fingerprint density at radius 2 is 2.32 bits per heavy atom. The molecular formula is C11H8Cl2N2O2S2. The predicted octanol–water partition coefficient (Wildman–Crippen LogP) is 4.49. The van der Waals surface area contributed by atoms with Gasteiger partial charge in [-0.3, -0.25) is 10.1 Å². The first-order chi connectivity index (χ1) is 8.95. The highest BCUT2D eigenvalue weighted by molar-refractivity contribution is 8.01. The molecule has 2 aromatic rings. The Balaban J connectivity index is 1.76. The highest BCUT2D eigenvalue weighted by Gasteiger charge is 2.51. The zero-order valence-corrected chi connectivity index (χ0v) is 12.7. The second-order valence-electron chi connectivity index (χ2n) is 4.36. The molecule has 1 aromatic carbocycles. The summed E-state index contributed by atoms with van der Waals surface area (Å²) in [5, 5.41) is 10.7.